The predicted molar refractivity (Wildman–Crippen MR) is 156 cm³/mol. The van der Waals surface area contributed by atoms with Gasteiger partial charge in [-0.25, -0.2) is 0 Å². The third-order valence-corrected chi connectivity index (χ3v) is 33.6. The average Bonchev–Trinajstić information content (AvgIpc) is 2.86. The van der Waals surface area contributed by atoms with Crippen LogP contribution in [-0.4, -0.2) is 27.2 Å². The fourth-order valence-corrected chi connectivity index (χ4v) is 42.0. The molecule has 35 heavy (non-hydrogen) atoms. The van der Waals surface area contributed by atoms with Gasteiger partial charge in [0.15, 0.2) is 0 Å². The Hall–Kier alpha value is -2.07. The summed E-state index contributed by atoms with van der Waals surface area (Å²) in [7, 11) is 0. The van der Waals surface area contributed by atoms with Gasteiger partial charge in [0.1, 0.15) is 0 Å². The zero-order chi connectivity index (χ0) is 25.2. The van der Waals surface area contributed by atoms with Crippen LogP contribution >= 0.6 is 0 Å². The van der Waals surface area contributed by atoms with Crippen LogP contribution in [0.2, 0.25) is 8.49 Å². The van der Waals surface area contributed by atoms with Gasteiger partial charge >= 0.3 is 219 Å². The Kier molecular flexibility index (Phi) is 7.52. The van der Waals surface area contributed by atoms with Crippen molar-refractivity contribution in [1.29, 1.82) is 0 Å². The molecule has 0 N–H and O–H groups in total. The first kappa shape index (κ1) is 26.0. The molecule has 0 fully saturated rings. The van der Waals surface area contributed by atoms with Gasteiger partial charge in [-0.05, 0) is 0 Å². The first-order valence-corrected chi connectivity index (χ1v) is 20.6. The van der Waals surface area contributed by atoms with Crippen molar-refractivity contribution in [1.82, 2.24) is 0 Å². The molecule has 0 saturated heterocycles. The molecule has 0 unspecified atom stereocenters. The van der Waals surface area contributed by atoms with Crippen molar-refractivity contribution >= 4 is 44.8 Å². The van der Waals surface area contributed by atoms with E-state index in [1.54, 1.807) is 0 Å². The molecular weight excluding hydrogens is 546 g/mol. The van der Waals surface area contributed by atoms with Crippen LogP contribution in [-0.2, 0) is 2.79 Å². The molecule has 1 nitrogen and oxygen atoms in total. The zero-order valence-electron chi connectivity index (χ0n) is 22.0. The second kappa shape index (κ2) is 10.1. The van der Waals surface area contributed by atoms with Crippen LogP contribution in [0.1, 0.15) is 41.5 Å². The minimum absolute atomic E-state index is 0.00838. The molecule has 0 radical (unpaired) electrons. The third kappa shape index (κ3) is 4.71. The van der Waals surface area contributed by atoms with E-state index < -0.39 is 27.2 Å². The van der Waals surface area contributed by atoms with Crippen LogP contribution in [0.15, 0.2) is 121 Å². The topological polar surface area (TPSA) is 9.23 Å². The van der Waals surface area contributed by atoms with E-state index in [1.165, 1.54) is 17.6 Å². The molecule has 4 aromatic rings. The minimum atomic E-state index is -3.63. The zero-order valence-corrected chi connectivity index (χ0v) is 26.2. The Morgan fingerprint density at radius 2 is 0.657 bits per heavy atom. The number of benzene rings is 4. The Morgan fingerprint density at radius 1 is 0.400 bits per heavy atom. The van der Waals surface area contributed by atoms with E-state index in [0.29, 0.717) is 0 Å². The summed E-state index contributed by atoms with van der Waals surface area (Å²) >= 11 is -7.05. The Morgan fingerprint density at radius 3 is 0.914 bits per heavy atom. The van der Waals surface area contributed by atoms with E-state index in [0.717, 1.165) is 0 Å². The molecule has 0 bridgehead atoms. The van der Waals surface area contributed by atoms with Crippen LogP contribution in [0.4, 0.5) is 0 Å². The third-order valence-electron chi connectivity index (χ3n) is 7.14. The van der Waals surface area contributed by atoms with Gasteiger partial charge in [-0.3, -0.25) is 0 Å². The van der Waals surface area contributed by atoms with Crippen LogP contribution in [0.25, 0.3) is 0 Å². The van der Waals surface area contributed by atoms with Crippen molar-refractivity contribution in [2.45, 2.75) is 50.0 Å². The van der Waals surface area contributed by atoms with E-state index in [1.807, 2.05) is 0 Å². The van der Waals surface area contributed by atoms with Gasteiger partial charge in [0.25, 0.3) is 0 Å². The molecule has 4 aromatic carbocycles. The summed E-state index contributed by atoms with van der Waals surface area (Å²) in [6, 6.07) is 44.5. The molecule has 4 rings (SSSR count). The van der Waals surface area contributed by atoms with Crippen LogP contribution in [0.3, 0.4) is 0 Å². The van der Waals surface area contributed by atoms with E-state index in [4.69, 9.17) is 2.79 Å². The molecule has 0 heterocycles. The molecule has 0 aliphatic carbocycles. The average molecular weight is 584 g/mol. The van der Waals surface area contributed by atoms with Crippen LogP contribution < -0.4 is 17.6 Å². The molecular formula is C32H38Ge2O. The summed E-state index contributed by atoms with van der Waals surface area (Å²) < 4.78 is 13.8. The van der Waals surface area contributed by atoms with Gasteiger partial charge in [0.2, 0.25) is 0 Å². The normalized spacial score (nSPS) is 13.0. The maximum atomic E-state index is 8.27. The van der Waals surface area contributed by atoms with Gasteiger partial charge in [0.05, 0.1) is 0 Å². The first-order valence-electron chi connectivity index (χ1n) is 12.6. The molecule has 0 aromatic heterocycles. The van der Waals surface area contributed by atoms with E-state index in [-0.39, 0.29) is 8.49 Å². The summed E-state index contributed by atoms with van der Waals surface area (Å²) in [6.45, 7) is 14.5. The summed E-state index contributed by atoms with van der Waals surface area (Å²) in [4.78, 5) is 0. The molecule has 3 heteroatoms. The summed E-state index contributed by atoms with van der Waals surface area (Å²) in [5.41, 5.74) is 0. The number of hydrogen-bond donors (Lipinski definition) is 0. The monoisotopic (exact) mass is 586 g/mol. The fraction of sp³-hybridized carbons (Fsp3) is 0.250. The standard InChI is InChI=1S/C32H38Ge2O/c1-31(2,3)34(32(4,5)6,30-25-17-10-18-26-30)35-33(27-19-11-7-12-20-27,28-21-13-8-14-22-28)29-23-15-9-16-24-29/h7-26H,1-6H3. The number of hydrogen-bond acceptors (Lipinski definition) is 1. The molecule has 180 valence electrons. The van der Waals surface area contributed by atoms with Crippen molar-refractivity contribution < 1.29 is 2.79 Å². The molecule has 0 amide bonds. The van der Waals surface area contributed by atoms with Crippen molar-refractivity contribution in [2.75, 3.05) is 0 Å². The quantitative estimate of drug-likeness (QED) is 0.249. The maximum absolute atomic E-state index is 8.27. The van der Waals surface area contributed by atoms with Crippen LogP contribution in [0.5, 0.6) is 0 Å². The van der Waals surface area contributed by atoms with Gasteiger partial charge in [-0.1, -0.05) is 0 Å². The van der Waals surface area contributed by atoms with Crippen LogP contribution in [0, 0.1) is 0 Å². The molecule has 0 spiro atoms. The predicted octanol–water partition coefficient (Wildman–Crippen LogP) is 6.12. The van der Waals surface area contributed by atoms with E-state index in [2.05, 4.69) is 163 Å². The van der Waals surface area contributed by atoms with Gasteiger partial charge in [-0.15, -0.1) is 0 Å². The molecule has 0 aliphatic heterocycles. The molecule has 0 aliphatic rings. The van der Waals surface area contributed by atoms with Gasteiger partial charge < -0.3 is 0 Å². The Balaban J connectivity index is 2.16. The first-order chi connectivity index (χ1) is 16.6. The van der Waals surface area contributed by atoms with Gasteiger partial charge in [-0.2, -0.15) is 0 Å². The fourth-order valence-electron chi connectivity index (χ4n) is 5.95. The van der Waals surface area contributed by atoms with Crippen molar-refractivity contribution in [3.05, 3.63) is 121 Å². The second-order valence-corrected chi connectivity index (χ2v) is 30.9. The van der Waals surface area contributed by atoms with E-state index in [9.17, 15) is 0 Å². The van der Waals surface area contributed by atoms with Crippen molar-refractivity contribution in [2.24, 2.45) is 0 Å². The molecule has 0 saturated carbocycles. The molecule has 0 atom stereocenters. The Bertz CT molecular complexity index is 1100. The van der Waals surface area contributed by atoms with Crippen molar-refractivity contribution in [3.63, 3.8) is 0 Å². The van der Waals surface area contributed by atoms with Gasteiger partial charge in [0, 0.05) is 0 Å². The SMILES string of the molecule is C[C](C)(C)[Ge]([O][Ge]([c]1ccccc1)([c]1ccccc1)[c]1ccccc1)([c]1ccccc1)[C](C)(C)C. The summed E-state index contributed by atoms with van der Waals surface area (Å²) in [6.07, 6.45) is 0. The van der Waals surface area contributed by atoms with E-state index >= 15 is 0 Å². The second-order valence-electron chi connectivity index (χ2n) is 11.4. The van der Waals surface area contributed by atoms with Crippen molar-refractivity contribution in [3.8, 4) is 0 Å². The Labute approximate surface area is 218 Å². The summed E-state index contributed by atoms with van der Waals surface area (Å²) in [5.74, 6) is 0. The summed E-state index contributed by atoms with van der Waals surface area (Å²) in [5, 5.41) is 0. The number of rotatable bonds is 6.